The van der Waals surface area contributed by atoms with E-state index in [1.807, 2.05) is 0 Å². The van der Waals surface area contributed by atoms with E-state index in [1.54, 1.807) is 0 Å². The summed E-state index contributed by atoms with van der Waals surface area (Å²) >= 11 is 0. The number of hydrogen-bond donors (Lipinski definition) is 1. The quantitative estimate of drug-likeness (QED) is 0.705. The number of fused-ring (bicyclic) bond motifs is 1. The van der Waals surface area contributed by atoms with E-state index in [0.29, 0.717) is 13.2 Å². The fraction of sp³-hybridized carbons (Fsp3) is 0.818. The Kier molecular flexibility index (Phi) is 2.35. The summed E-state index contributed by atoms with van der Waals surface area (Å²) in [5, 5.41) is 2.95. The van der Waals surface area contributed by atoms with Crippen LogP contribution in [0, 0.1) is 5.92 Å². The average molecular weight is 224 g/mol. The highest BCUT2D eigenvalue weighted by molar-refractivity contribution is 5.99. The van der Waals surface area contributed by atoms with Crippen molar-refractivity contribution in [3.05, 3.63) is 0 Å². The van der Waals surface area contributed by atoms with Crippen molar-refractivity contribution in [3.63, 3.8) is 0 Å². The molecule has 3 atom stereocenters. The molecule has 1 N–H and O–H groups in total. The van der Waals surface area contributed by atoms with Gasteiger partial charge < -0.3 is 10.1 Å². The van der Waals surface area contributed by atoms with Crippen molar-refractivity contribution in [1.29, 1.82) is 0 Å². The number of ether oxygens (including phenoxy) is 1. The van der Waals surface area contributed by atoms with Crippen LogP contribution < -0.4 is 5.32 Å². The minimum absolute atomic E-state index is 0.0123. The number of nitrogens with one attached hydrogen (secondary N) is 1. The van der Waals surface area contributed by atoms with Crippen molar-refractivity contribution in [1.82, 2.24) is 10.2 Å². The minimum atomic E-state index is -0.219. The van der Waals surface area contributed by atoms with Gasteiger partial charge in [0.25, 0.3) is 0 Å². The zero-order valence-electron chi connectivity index (χ0n) is 9.15. The lowest BCUT2D eigenvalue weighted by atomic mass is 9.98. The fourth-order valence-electron chi connectivity index (χ4n) is 3.01. The van der Waals surface area contributed by atoms with E-state index in [1.165, 1.54) is 4.90 Å². The molecule has 3 fully saturated rings. The lowest BCUT2D eigenvalue weighted by Gasteiger charge is -2.36. The molecule has 0 aromatic heterocycles. The van der Waals surface area contributed by atoms with Crippen molar-refractivity contribution in [2.75, 3.05) is 13.2 Å². The van der Waals surface area contributed by atoms with Gasteiger partial charge in [0.05, 0.1) is 18.6 Å². The first-order valence-corrected chi connectivity index (χ1v) is 5.98. The third-order valence-corrected chi connectivity index (χ3v) is 3.87. The Hall–Kier alpha value is -1.10. The van der Waals surface area contributed by atoms with Crippen molar-refractivity contribution in [2.45, 2.75) is 37.8 Å². The predicted molar refractivity (Wildman–Crippen MR) is 55.7 cm³/mol. The minimum Gasteiger partial charge on any atom is -0.379 e. The number of carbonyl (C=O) groups is 2. The second kappa shape index (κ2) is 3.73. The SMILES string of the molecule is O=C1NC2CCCC2C(=O)N1C1CCOC1. The molecular formula is C11H16N2O3. The lowest BCUT2D eigenvalue weighted by Crippen LogP contribution is -2.61. The third-order valence-electron chi connectivity index (χ3n) is 3.87. The second-order valence-electron chi connectivity index (χ2n) is 4.82. The first-order chi connectivity index (χ1) is 7.77. The Bertz CT molecular complexity index is 325. The smallest absolute Gasteiger partial charge is 0.324 e. The average Bonchev–Trinajstić information content (AvgIpc) is 2.87. The number of rotatable bonds is 1. The van der Waals surface area contributed by atoms with Gasteiger partial charge in [0, 0.05) is 12.6 Å². The molecule has 2 saturated heterocycles. The summed E-state index contributed by atoms with van der Waals surface area (Å²) in [6.45, 7) is 1.15. The summed E-state index contributed by atoms with van der Waals surface area (Å²) in [7, 11) is 0. The molecule has 0 bridgehead atoms. The normalized spacial score (nSPS) is 38.8. The number of amides is 3. The number of carbonyl (C=O) groups excluding carboxylic acids is 2. The van der Waals surface area contributed by atoms with Gasteiger partial charge in [-0.05, 0) is 19.3 Å². The van der Waals surface area contributed by atoms with Crippen LogP contribution in [0.3, 0.4) is 0 Å². The summed E-state index contributed by atoms with van der Waals surface area (Å²) in [6, 6.07) is -0.184. The van der Waals surface area contributed by atoms with Gasteiger partial charge in [-0.3, -0.25) is 9.69 Å². The van der Waals surface area contributed by atoms with Gasteiger partial charge in [0.15, 0.2) is 0 Å². The molecule has 3 aliphatic rings. The zero-order chi connectivity index (χ0) is 11.1. The molecule has 0 spiro atoms. The molecule has 1 saturated carbocycles. The topological polar surface area (TPSA) is 58.6 Å². The molecule has 2 heterocycles. The molecule has 0 aromatic carbocycles. The number of urea groups is 1. The van der Waals surface area contributed by atoms with Crippen LogP contribution in [0.15, 0.2) is 0 Å². The van der Waals surface area contributed by atoms with Crippen LogP contribution in [-0.2, 0) is 9.53 Å². The zero-order valence-corrected chi connectivity index (χ0v) is 9.15. The van der Waals surface area contributed by atoms with Crippen LogP contribution in [0.1, 0.15) is 25.7 Å². The Morgan fingerprint density at radius 1 is 1.25 bits per heavy atom. The van der Waals surface area contributed by atoms with Gasteiger partial charge in [0.1, 0.15) is 0 Å². The summed E-state index contributed by atoms with van der Waals surface area (Å²) in [6.07, 6.45) is 3.66. The van der Waals surface area contributed by atoms with Crippen LogP contribution in [0.2, 0.25) is 0 Å². The van der Waals surface area contributed by atoms with Crippen LogP contribution in [0.5, 0.6) is 0 Å². The monoisotopic (exact) mass is 224 g/mol. The molecule has 1 aliphatic carbocycles. The highest BCUT2D eigenvalue weighted by Crippen LogP contribution is 2.32. The summed E-state index contributed by atoms with van der Waals surface area (Å²) in [4.78, 5) is 25.5. The molecule has 16 heavy (non-hydrogen) atoms. The molecule has 5 heteroatoms. The van der Waals surface area contributed by atoms with Crippen molar-refractivity contribution < 1.29 is 14.3 Å². The predicted octanol–water partition coefficient (Wildman–Crippen LogP) is 0.496. The molecule has 3 rings (SSSR count). The van der Waals surface area contributed by atoms with Crippen LogP contribution in [-0.4, -0.2) is 42.1 Å². The van der Waals surface area contributed by atoms with Gasteiger partial charge >= 0.3 is 6.03 Å². The highest BCUT2D eigenvalue weighted by Gasteiger charge is 2.46. The van der Waals surface area contributed by atoms with Gasteiger partial charge in [-0.15, -0.1) is 0 Å². The highest BCUT2D eigenvalue weighted by atomic mass is 16.5. The fourth-order valence-corrected chi connectivity index (χ4v) is 3.01. The standard InChI is InChI=1S/C11H16N2O3/c14-10-8-2-1-3-9(8)12-11(15)13(10)7-4-5-16-6-7/h7-9H,1-6H2,(H,12,15). The molecular weight excluding hydrogens is 208 g/mol. The summed E-state index contributed by atoms with van der Waals surface area (Å²) < 4.78 is 5.24. The first kappa shape index (κ1) is 10.1. The van der Waals surface area contributed by atoms with Gasteiger partial charge in [-0.25, -0.2) is 4.79 Å². The largest absolute Gasteiger partial charge is 0.379 e. The molecule has 88 valence electrons. The van der Waals surface area contributed by atoms with E-state index >= 15 is 0 Å². The van der Waals surface area contributed by atoms with Crippen LogP contribution in [0.25, 0.3) is 0 Å². The van der Waals surface area contributed by atoms with Gasteiger partial charge in [-0.2, -0.15) is 0 Å². The number of hydrogen-bond acceptors (Lipinski definition) is 3. The Labute approximate surface area is 94.1 Å². The van der Waals surface area contributed by atoms with E-state index in [9.17, 15) is 9.59 Å². The van der Waals surface area contributed by atoms with E-state index < -0.39 is 0 Å². The van der Waals surface area contributed by atoms with Gasteiger partial charge in [0.2, 0.25) is 5.91 Å². The first-order valence-electron chi connectivity index (χ1n) is 5.98. The summed E-state index contributed by atoms with van der Waals surface area (Å²) in [5.74, 6) is 0.0278. The van der Waals surface area contributed by atoms with E-state index in [-0.39, 0.29) is 29.9 Å². The number of imide groups is 1. The molecule has 3 unspecified atom stereocenters. The molecule has 0 aromatic rings. The lowest BCUT2D eigenvalue weighted by molar-refractivity contribution is -0.136. The molecule has 5 nitrogen and oxygen atoms in total. The second-order valence-corrected chi connectivity index (χ2v) is 4.82. The third kappa shape index (κ3) is 1.42. The van der Waals surface area contributed by atoms with Gasteiger partial charge in [-0.1, -0.05) is 6.42 Å². The van der Waals surface area contributed by atoms with Crippen molar-refractivity contribution in [2.24, 2.45) is 5.92 Å². The van der Waals surface area contributed by atoms with E-state index in [2.05, 4.69) is 5.32 Å². The van der Waals surface area contributed by atoms with Crippen molar-refractivity contribution >= 4 is 11.9 Å². The Balaban J connectivity index is 1.81. The summed E-state index contributed by atoms with van der Waals surface area (Å²) in [5.41, 5.74) is 0. The van der Waals surface area contributed by atoms with E-state index in [0.717, 1.165) is 25.7 Å². The number of nitrogens with zero attached hydrogens (tertiary/aromatic N) is 1. The Morgan fingerprint density at radius 3 is 2.88 bits per heavy atom. The maximum Gasteiger partial charge on any atom is 0.324 e. The maximum absolute atomic E-state index is 12.2. The van der Waals surface area contributed by atoms with Crippen LogP contribution >= 0.6 is 0 Å². The molecule has 2 aliphatic heterocycles. The van der Waals surface area contributed by atoms with E-state index in [4.69, 9.17) is 4.74 Å². The Morgan fingerprint density at radius 2 is 2.12 bits per heavy atom. The van der Waals surface area contributed by atoms with Crippen LogP contribution in [0.4, 0.5) is 4.79 Å². The van der Waals surface area contributed by atoms with Crippen molar-refractivity contribution in [3.8, 4) is 0 Å². The molecule has 0 radical (unpaired) electrons. The molecule has 3 amide bonds. The maximum atomic E-state index is 12.2.